The minimum atomic E-state index is 0.241. The summed E-state index contributed by atoms with van der Waals surface area (Å²) in [7, 11) is 0. The third-order valence-corrected chi connectivity index (χ3v) is 3.16. The Labute approximate surface area is 113 Å². The van der Waals surface area contributed by atoms with Crippen molar-refractivity contribution in [1.82, 2.24) is 15.1 Å². The lowest BCUT2D eigenvalue weighted by molar-refractivity contribution is 0.340. The molecule has 0 fully saturated rings. The van der Waals surface area contributed by atoms with Gasteiger partial charge < -0.3 is 5.11 Å². The second-order valence-corrected chi connectivity index (χ2v) is 4.49. The van der Waals surface area contributed by atoms with Crippen LogP contribution in [-0.2, 0) is 6.42 Å². The predicted octanol–water partition coefficient (Wildman–Crippen LogP) is 2.49. The zero-order valence-corrected chi connectivity index (χ0v) is 11.0. The van der Waals surface area contributed by atoms with Crippen LogP contribution in [0.5, 0.6) is 5.75 Å². The molecule has 2 rings (SSSR count). The second-order valence-electron chi connectivity index (χ2n) is 4.49. The number of aromatic amines is 1. The van der Waals surface area contributed by atoms with Gasteiger partial charge >= 0.3 is 0 Å². The Bertz CT molecular complexity index is 564. The zero-order chi connectivity index (χ0) is 13.7. The van der Waals surface area contributed by atoms with Gasteiger partial charge in [0.05, 0.1) is 6.20 Å². The summed E-state index contributed by atoms with van der Waals surface area (Å²) in [4.78, 5) is 2.26. The smallest absolute Gasteiger partial charge is 0.141 e. The number of nitrogens with zero attached hydrogens (tertiary/aromatic N) is 2. The van der Waals surface area contributed by atoms with Gasteiger partial charge in [0.15, 0.2) is 0 Å². The lowest BCUT2D eigenvalue weighted by Crippen LogP contribution is -2.26. The van der Waals surface area contributed by atoms with E-state index in [1.807, 2.05) is 18.2 Å². The van der Waals surface area contributed by atoms with E-state index < -0.39 is 0 Å². The fraction of sp³-hybridized carbons (Fsp3) is 0.267. The molecule has 1 aromatic carbocycles. The van der Waals surface area contributed by atoms with Crippen molar-refractivity contribution in [2.45, 2.75) is 6.42 Å². The van der Waals surface area contributed by atoms with Gasteiger partial charge in [-0.3, -0.25) is 10.00 Å². The van der Waals surface area contributed by atoms with E-state index in [2.05, 4.69) is 28.3 Å². The number of nitrogens with one attached hydrogen (secondary N) is 1. The van der Waals surface area contributed by atoms with E-state index in [9.17, 15) is 5.11 Å². The van der Waals surface area contributed by atoms with Crippen molar-refractivity contribution < 1.29 is 5.11 Å². The maximum atomic E-state index is 9.72. The van der Waals surface area contributed by atoms with Crippen LogP contribution in [0.25, 0.3) is 10.9 Å². The van der Waals surface area contributed by atoms with Crippen LogP contribution in [0, 0.1) is 0 Å². The molecule has 4 nitrogen and oxygen atoms in total. The number of H-pyrrole nitrogens is 1. The highest BCUT2D eigenvalue weighted by molar-refractivity contribution is 5.86. The molecule has 0 aliphatic rings. The van der Waals surface area contributed by atoms with E-state index in [0.717, 1.165) is 31.4 Å². The molecule has 0 saturated heterocycles. The lowest BCUT2D eigenvalue weighted by atomic mass is 10.1. The molecule has 100 valence electrons. The number of hydrogen-bond acceptors (Lipinski definition) is 3. The molecule has 0 aliphatic heterocycles. The van der Waals surface area contributed by atoms with Crippen LogP contribution >= 0.6 is 0 Å². The van der Waals surface area contributed by atoms with Gasteiger partial charge in [-0.2, -0.15) is 5.10 Å². The summed E-state index contributed by atoms with van der Waals surface area (Å²) in [6.07, 6.45) is 6.45. The molecule has 2 N–H and O–H groups in total. The van der Waals surface area contributed by atoms with Crippen LogP contribution in [0.4, 0.5) is 0 Å². The van der Waals surface area contributed by atoms with E-state index in [0.29, 0.717) is 5.52 Å². The minimum Gasteiger partial charge on any atom is -0.506 e. The zero-order valence-electron chi connectivity index (χ0n) is 11.0. The van der Waals surface area contributed by atoms with Crippen LogP contribution < -0.4 is 0 Å². The molecule has 0 atom stereocenters. The van der Waals surface area contributed by atoms with Crippen LogP contribution in [0.2, 0.25) is 0 Å². The predicted molar refractivity (Wildman–Crippen MR) is 78.3 cm³/mol. The van der Waals surface area contributed by atoms with Crippen molar-refractivity contribution in [2.75, 3.05) is 19.6 Å². The summed E-state index contributed by atoms with van der Waals surface area (Å²) in [5.41, 5.74) is 1.89. The Morgan fingerprint density at radius 3 is 2.68 bits per heavy atom. The summed E-state index contributed by atoms with van der Waals surface area (Å²) < 4.78 is 0. The molecule has 1 heterocycles. The van der Waals surface area contributed by atoms with Gasteiger partial charge in [-0.05, 0) is 18.1 Å². The van der Waals surface area contributed by atoms with Crippen molar-refractivity contribution in [3.63, 3.8) is 0 Å². The molecule has 0 unspecified atom stereocenters. The molecular weight excluding hydrogens is 238 g/mol. The van der Waals surface area contributed by atoms with Crippen LogP contribution in [0.1, 0.15) is 5.56 Å². The average Bonchev–Trinajstić information content (AvgIpc) is 2.88. The molecule has 0 saturated carbocycles. The Hall–Kier alpha value is -2.07. The molecule has 0 amide bonds. The molecule has 0 bridgehead atoms. The number of benzene rings is 1. The Morgan fingerprint density at radius 2 is 2.00 bits per heavy atom. The SMILES string of the molecule is C=CCN(CC=C)CCc1ccc(O)c2[nH]ncc12. The summed E-state index contributed by atoms with van der Waals surface area (Å²) in [5, 5.41) is 17.5. The van der Waals surface area contributed by atoms with Gasteiger partial charge in [-0.15, -0.1) is 13.2 Å². The summed E-state index contributed by atoms with van der Waals surface area (Å²) >= 11 is 0. The van der Waals surface area contributed by atoms with E-state index in [4.69, 9.17) is 0 Å². The first-order valence-electron chi connectivity index (χ1n) is 6.34. The van der Waals surface area contributed by atoms with E-state index in [1.165, 1.54) is 5.56 Å². The second kappa shape index (κ2) is 6.20. The average molecular weight is 257 g/mol. The maximum absolute atomic E-state index is 9.72. The number of phenolic OH excluding ortho intramolecular Hbond substituents is 1. The van der Waals surface area contributed by atoms with Gasteiger partial charge in [-0.25, -0.2) is 0 Å². The molecule has 19 heavy (non-hydrogen) atoms. The molecule has 1 aromatic heterocycles. The van der Waals surface area contributed by atoms with Crippen molar-refractivity contribution in [3.05, 3.63) is 49.2 Å². The van der Waals surface area contributed by atoms with Gasteiger partial charge in [0.25, 0.3) is 0 Å². The maximum Gasteiger partial charge on any atom is 0.141 e. The first kappa shape index (κ1) is 13.4. The van der Waals surface area contributed by atoms with Crippen molar-refractivity contribution >= 4 is 10.9 Å². The standard InChI is InChI=1S/C15H19N3O/c1-3-8-18(9-4-2)10-7-12-5-6-14(19)15-13(12)11-16-17-15/h3-6,11,19H,1-2,7-10H2,(H,16,17). The number of rotatable bonds is 7. The highest BCUT2D eigenvalue weighted by Gasteiger charge is 2.08. The van der Waals surface area contributed by atoms with Gasteiger partial charge in [0, 0.05) is 25.0 Å². The van der Waals surface area contributed by atoms with Gasteiger partial charge in [0.2, 0.25) is 0 Å². The number of aromatic hydroxyl groups is 1. The minimum absolute atomic E-state index is 0.241. The normalized spacial score (nSPS) is 11.0. The highest BCUT2D eigenvalue weighted by Crippen LogP contribution is 2.25. The quantitative estimate of drug-likeness (QED) is 0.749. The molecular formula is C15H19N3O. The molecule has 0 aliphatic carbocycles. The lowest BCUT2D eigenvalue weighted by Gasteiger charge is -2.18. The fourth-order valence-electron chi connectivity index (χ4n) is 2.20. The first-order chi connectivity index (χ1) is 9.26. The van der Waals surface area contributed by atoms with Crippen molar-refractivity contribution in [3.8, 4) is 5.75 Å². The molecule has 2 aromatic rings. The molecule has 0 spiro atoms. The topological polar surface area (TPSA) is 52.1 Å². The number of hydrogen-bond donors (Lipinski definition) is 2. The van der Waals surface area contributed by atoms with Crippen molar-refractivity contribution in [1.29, 1.82) is 0 Å². The Balaban J connectivity index is 2.12. The van der Waals surface area contributed by atoms with E-state index in [1.54, 1.807) is 12.3 Å². The van der Waals surface area contributed by atoms with Gasteiger partial charge in [-0.1, -0.05) is 18.2 Å². The monoisotopic (exact) mass is 257 g/mol. The van der Waals surface area contributed by atoms with Crippen LogP contribution in [-0.4, -0.2) is 39.8 Å². The summed E-state index contributed by atoms with van der Waals surface area (Å²) in [5.74, 6) is 0.241. The Kier molecular flexibility index (Phi) is 4.36. The van der Waals surface area contributed by atoms with E-state index >= 15 is 0 Å². The fourth-order valence-corrected chi connectivity index (χ4v) is 2.20. The number of fused-ring (bicyclic) bond motifs is 1. The van der Waals surface area contributed by atoms with Crippen LogP contribution in [0.15, 0.2) is 43.6 Å². The van der Waals surface area contributed by atoms with Crippen LogP contribution in [0.3, 0.4) is 0 Å². The molecule has 0 radical (unpaired) electrons. The number of phenols is 1. The largest absolute Gasteiger partial charge is 0.506 e. The molecule has 4 heteroatoms. The highest BCUT2D eigenvalue weighted by atomic mass is 16.3. The summed E-state index contributed by atoms with van der Waals surface area (Å²) in [6, 6.07) is 3.66. The van der Waals surface area contributed by atoms with E-state index in [-0.39, 0.29) is 5.75 Å². The number of aromatic nitrogens is 2. The van der Waals surface area contributed by atoms with Gasteiger partial charge in [0.1, 0.15) is 11.3 Å². The first-order valence-corrected chi connectivity index (χ1v) is 6.34. The summed E-state index contributed by atoms with van der Waals surface area (Å²) in [6.45, 7) is 10.1. The Morgan fingerprint density at radius 1 is 1.26 bits per heavy atom. The van der Waals surface area contributed by atoms with Crippen molar-refractivity contribution in [2.24, 2.45) is 0 Å². The third-order valence-electron chi connectivity index (χ3n) is 3.16. The third kappa shape index (κ3) is 3.03.